The summed E-state index contributed by atoms with van der Waals surface area (Å²) in [7, 11) is 0. The van der Waals surface area contributed by atoms with Gasteiger partial charge in [-0.1, -0.05) is 56.3 Å². The number of benzene rings is 2. The molecule has 0 aliphatic carbocycles. The van der Waals surface area contributed by atoms with Crippen molar-refractivity contribution in [1.29, 1.82) is 0 Å². The quantitative estimate of drug-likeness (QED) is 0.676. The molecule has 0 unspecified atom stereocenters. The minimum Gasteiger partial charge on any atom is -0.398 e. The average Bonchev–Trinajstić information content (AvgIpc) is 2.97. The maximum atomic E-state index is 6.02. The van der Waals surface area contributed by atoms with Gasteiger partial charge in [0.15, 0.2) is 0 Å². The minimum absolute atomic E-state index is 0.551. The van der Waals surface area contributed by atoms with E-state index in [1.165, 1.54) is 5.56 Å². The minimum atomic E-state index is 0.551. The zero-order valence-corrected chi connectivity index (χ0v) is 13.0. The van der Waals surface area contributed by atoms with Crippen molar-refractivity contribution in [2.75, 3.05) is 5.73 Å². The van der Waals surface area contributed by atoms with Crippen molar-refractivity contribution in [2.45, 2.75) is 19.8 Å². The Hall–Kier alpha value is -2.13. The fourth-order valence-electron chi connectivity index (χ4n) is 2.27. The fraction of sp³-hybridized carbons (Fsp3) is 0.167. The highest BCUT2D eigenvalue weighted by atomic mass is 32.1. The standard InChI is InChI=1S/C18H18N2S/c1-12(2)13-7-9-14(10-8-13)18-20-17(11-21-18)15-5-3-4-6-16(15)19/h3-12H,19H2,1-2H3. The lowest BCUT2D eigenvalue weighted by Crippen LogP contribution is -1.89. The molecule has 1 aromatic heterocycles. The number of thiazole rings is 1. The van der Waals surface area contributed by atoms with Crippen LogP contribution in [0.4, 0.5) is 5.69 Å². The Morgan fingerprint density at radius 3 is 2.38 bits per heavy atom. The number of nitrogens with zero attached hydrogens (tertiary/aromatic N) is 1. The normalized spacial score (nSPS) is 11.0. The number of para-hydroxylation sites is 1. The molecule has 3 heteroatoms. The molecule has 0 amide bonds. The smallest absolute Gasteiger partial charge is 0.124 e. The Labute approximate surface area is 129 Å². The number of aromatic nitrogens is 1. The second kappa shape index (κ2) is 5.70. The number of hydrogen-bond acceptors (Lipinski definition) is 3. The largest absolute Gasteiger partial charge is 0.398 e. The van der Waals surface area contributed by atoms with Gasteiger partial charge in [-0.3, -0.25) is 0 Å². The van der Waals surface area contributed by atoms with E-state index in [9.17, 15) is 0 Å². The Morgan fingerprint density at radius 2 is 1.71 bits per heavy atom. The molecule has 0 spiro atoms. The lowest BCUT2D eigenvalue weighted by atomic mass is 10.0. The third-order valence-electron chi connectivity index (χ3n) is 3.57. The zero-order valence-electron chi connectivity index (χ0n) is 12.2. The molecule has 2 nitrogen and oxygen atoms in total. The van der Waals surface area contributed by atoms with Gasteiger partial charge in [-0.05, 0) is 17.5 Å². The van der Waals surface area contributed by atoms with Crippen LogP contribution in [0.5, 0.6) is 0 Å². The number of nitrogens with two attached hydrogens (primary N) is 1. The molecule has 1 heterocycles. The van der Waals surface area contributed by atoms with Gasteiger partial charge in [0.25, 0.3) is 0 Å². The number of anilines is 1. The van der Waals surface area contributed by atoms with Crippen molar-refractivity contribution in [3.05, 3.63) is 59.5 Å². The molecule has 0 fully saturated rings. The van der Waals surface area contributed by atoms with E-state index in [0.29, 0.717) is 5.92 Å². The summed E-state index contributed by atoms with van der Waals surface area (Å²) in [6.07, 6.45) is 0. The molecule has 0 radical (unpaired) electrons. The Kier molecular flexibility index (Phi) is 3.76. The summed E-state index contributed by atoms with van der Waals surface area (Å²) in [5.74, 6) is 0.551. The monoisotopic (exact) mass is 294 g/mol. The highest BCUT2D eigenvalue weighted by Crippen LogP contribution is 2.32. The summed E-state index contributed by atoms with van der Waals surface area (Å²) in [6.45, 7) is 4.41. The SMILES string of the molecule is CC(C)c1ccc(-c2nc(-c3ccccc3N)cs2)cc1. The molecule has 3 aromatic rings. The maximum absolute atomic E-state index is 6.02. The molecule has 0 saturated heterocycles. The molecule has 106 valence electrons. The fourth-order valence-corrected chi connectivity index (χ4v) is 3.10. The molecule has 2 N–H and O–H groups in total. The van der Waals surface area contributed by atoms with Crippen LogP contribution in [-0.4, -0.2) is 4.98 Å². The van der Waals surface area contributed by atoms with Gasteiger partial charge in [0.2, 0.25) is 0 Å². The van der Waals surface area contributed by atoms with Gasteiger partial charge in [-0.2, -0.15) is 0 Å². The van der Waals surface area contributed by atoms with Crippen LogP contribution in [0.2, 0.25) is 0 Å². The van der Waals surface area contributed by atoms with Gasteiger partial charge in [0.1, 0.15) is 5.01 Å². The Bertz CT molecular complexity index is 742. The first-order valence-corrected chi connectivity index (χ1v) is 7.94. The first-order valence-electron chi connectivity index (χ1n) is 7.06. The molecule has 0 atom stereocenters. The molecule has 0 aliphatic rings. The van der Waals surface area contributed by atoms with Gasteiger partial charge in [-0.15, -0.1) is 11.3 Å². The number of hydrogen-bond donors (Lipinski definition) is 1. The summed E-state index contributed by atoms with van der Waals surface area (Å²) in [4.78, 5) is 4.72. The van der Waals surface area contributed by atoms with Crippen LogP contribution < -0.4 is 5.73 Å². The number of rotatable bonds is 3. The third-order valence-corrected chi connectivity index (χ3v) is 4.46. The van der Waals surface area contributed by atoms with Gasteiger partial charge in [0, 0.05) is 22.2 Å². The first kappa shape index (κ1) is 13.8. The van der Waals surface area contributed by atoms with E-state index in [0.717, 1.165) is 27.5 Å². The van der Waals surface area contributed by atoms with Crippen molar-refractivity contribution >= 4 is 17.0 Å². The molecule has 0 saturated carbocycles. The Morgan fingerprint density at radius 1 is 1.00 bits per heavy atom. The van der Waals surface area contributed by atoms with Gasteiger partial charge in [0.05, 0.1) is 5.69 Å². The number of nitrogen functional groups attached to an aromatic ring is 1. The van der Waals surface area contributed by atoms with E-state index in [-0.39, 0.29) is 0 Å². The summed E-state index contributed by atoms with van der Waals surface area (Å²) in [5, 5.41) is 3.10. The van der Waals surface area contributed by atoms with Gasteiger partial charge in [-0.25, -0.2) is 4.98 Å². The lowest BCUT2D eigenvalue weighted by Gasteiger charge is -2.05. The van der Waals surface area contributed by atoms with Crippen LogP contribution in [-0.2, 0) is 0 Å². The van der Waals surface area contributed by atoms with Crippen molar-refractivity contribution in [1.82, 2.24) is 4.98 Å². The van der Waals surface area contributed by atoms with E-state index in [4.69, 9.17) is 10.7 Å². The van der Waals surface area contributed by atoms with E-state index >= 15 is 0 Å². The summed E-state index contributed by atoms with van der Waals surface area (Å²) in [6, 6.07) is 16.5. The van der Waals surface area contributed by atoms with E-state index < -0.39 is 0 Å². The van der Waals surface area contributed by atoms with Crippen LogP contribution in [0.1, 0.15) is 25.3 Å². The molecule has 0 bridgehead atoms. The summed E-state index contributed by atoms with van der Waals surface area (Å²) >= 11 is 1.65. The van der Waals surface area contributed by atoms with Crippen LogP contribution in [0.3, 0.4) is 0 Å². The zero-order chi connectivity index (χ0) is 14.8. The highest BCUT2D eigenvalue weighted by molar-refractivity contribution is 7.13. The van der Waals surface area contributed by atoms with E-state index in [2.05, 4.69) is 43.5 Å². The van der Waals surface area contributed by atoms with E-state index in [1.807, 2.05) is 24.3 Å². The third kappa shape index (κ3) is 2.83. The molecule has 3 rings (SSSR count). The van der Waals surface area contributed by atoms with Crippen LogP contribution in [0.25, 0.3) is 21.8 Å². The summed E-state index contributed by atoms with van der Waals surface area (Å²) in [5.41, 5.74) is 11.2. The predicted octanol–water partition coefficient (Wildman–Crippen LogP) is 5.18. The predicted molar refractivity (Wildman–Crippen MR) is 91.5 cm³/mol. The molecule has 2 aromatic carbocycles. The van der Waals surface area contributed by atoms with Crippen LogP contribution in [0.15, 0.2) is 53.9 Å². The molecular formula is C18H18N2S. The van der Waals surface area contributed by atoms with Crippen molar-refractivity contribution in [3.8, 4) is 21.8 Å². The molecule has 0 aliphatic heterocycles. The highest BCUT2D eigenvalue weighted by Gasteiger charge is 2.09. The van der Waals surface area contributed by atoms with Gasteiger partial charge >= 0.3 is 0 Å². The van der Waals surface area contributed by atoms with Crippen molar-refractivity contribution < 1.29 is 0 Å². The molecular weight excluding hydrogens is 276 g/mol. The van der Waals surface area contributed by atoms with Crippen LogP contribution in [0, 0.1) is 0 Å². The molecule has 21 heavy (non-hydrogen) atoms. The van der Waals surface area contributed by atoms with Crippen LogP contribution >= 0.6 is 11.3 Å². The Balaban J connectivity index is 1.93. The van der Waals surface area contributed by atoms with Crippen molar-refractivity contribution in [2.24, 2.45) is 0 Å². The van der Waals surface area contributed by atoms with E-state index in [1.54, 1.807) is 11.3 Å². The summed E-state index contributed by atoms with van der Waals surface area (Å²) < 4.78 is 0. The second-order valence-electron chi connectivity index (χ2n) is 5.40. The van der Waals surface area contributed by atoms with Gasteiger partial charge < -0.3 is 5.73 Å². The topological polar surface area (TPSA) is 38.9 Å². The maximum Gasteiger partial charge on any atom is 0.124 e. The lowest BCUT2D eigenvalue weighted by molar-refractivity contribution is 0.867. The second-order valence-corrected chi connectivity index (χ2v) is 6.26. The van der Waals surface area contributed by atoms with Crippen molar-refractivity contribution in [3.63, 3.8) is 0 Å². The first-order chi connectivity index (χ1) is 10.1. The average molecular weight is 294 g/mol.